The van der Waals surface area contributed by atoms with Gasteiger partial charge in [0.2, 0.25) is 5.91 Å². The molecule has 1 N–H and O–H groups in total. The topological polar surface area (TPSA) is 73.2 Å². The van der Waals surface area contributed by atoms with Gasteiger partial charge in [0.1, 0.15) is 6.04 Å². The van der Waals surface area contributed by atoms with Gasteiger partial charge in [-0.05, 0) is 18.2 Å². The van der Waals surface area contributed by atoms with E-state index in [2.05, 4.69) is 5.32 Å². The van der Waals surface area contributed by atoms with Gasteiger partial charge < -0.3 is 10.2 Å². The summed E-state index contributed by atoms with van der Waals surface area (Å²) in [6.07, 6.45) is -4.54. The van der Waals surface area contributed by atoms with E-state index in [4.69, 9.17) is 0 Å². The Balaban J connectivity index is 2.30. The van der Waals surface area contributed by atoms with E-state index in [0.29, 0.717) is 0 Å². The summed E-state index contributed by atoms with van der Waals surface area (Å²) < 4.78 is 38.2. The monoisotopic (exact) mass is 311 g/mol. The van der Waals surface area contributed by atoms with Crippen LogP contribution in [0.4, 0.5) is 13.2 Å². The highest BCUT2D eigenvalue weighted by Crippen LogP contribution is 2.37. The molecule has 0 fully saturated rings. The van der Waals surface area contributed by atoms with Gasteiger partial charge in [0, 0.05) is 31.1 Å². The standard InChI is InChI=1S/C14H12F3N3O2/c1-8(21)19-4-5-20-12(7-18)11-6-9(14(15,16)17)2-3-10(11)13(20)22/h2-3,6,12H,4-5H2,1H3,(H,19,21). The van der Waals surface area contributed by atoms with Crippen LogP contribution in [0.5, 0.6) is 0 Å². The Kier molecular flexibility index (Phi) is 4.08. The Bertz CT molecular complexity index is 664. The van der Waals surface area contributed by atoms with E-state index in [1.165, 1.54) is 6.92 Å². The number of carbonyl (C=O) groups is 2. The van der Waals surface area contributed by atoms with Gasteiger partial charge in [0.05, 0.1) is 11.6 Å². The van der Waals surface area contributed by atoms with Crippen LogP contribution in [0.25, 0.3) is 0 Å². The van der Waals surface area contributed by atoms with Crippen LogP contribution in [0.2, 0.25) is 0 Å². The van der Waals surface area contributed by atoms with Crippen LogP contribution < -0.4 is 5.32 Å². The molecule has 1 atom stereocenters. The molecule has 0 saturated carbocycles. The minimum atomic E-state index is -4.54. The van der Waals surface area contributed by atoms with Crippen molar-refractivity contribution in [1.29, 1.82) is 5.26 Å². The van der Waals surface area contributed by atoms with Gasteiger partial charge >= 0.3 is 6.18 Å². The Morgan fingerprint density at radius 2 is 2.14 bits per heavy atom. The maximum atomic E-state index is 12.7. The molecule has 1 unspecified atom stereocenters. The number of fused-ring (bicyclic) bond motifs is 1. The highest BCUT2D eigenvalue weighted by Gasteiger charge is 2.39. The number of hydrogen-bond acceptors (Lipinski definition) is 3. The molecular weight excluding hydrogens is 299 g/mol. The molecule has 116 valence electrons. The van der Waals surface area contributed by atoms with Gasteiger partial charge in [-0.15, -0.1) is 0 Å². The van der Waals surface area contributed by atoms with Gasteiger partial charge in [-0.1, -0.05) is 0 Å². The quantitative estimate of drug-likeness (QED) is 0.926. The van der Waals surface area contributed by atoms with Crippen molar-refractivity contribution in [2.24, 2.45) is 0 Å². The fraction of sp³-hybridized carbons (Fsp3) is 0.357. The molecule has 0 aromatic heterocycles. The fourth-order valence-electron chi connectivity index (χ4n) is 2.32. The number of amides is 2. The van der Waals surface area contributed by atoms with E-state index in [9.17, 15) is 28.0 Å². The third kappa shape index (κ3) is 2.88. The number of halogens is 3. The molecule has 1 heterocycles. The SMILES string of the molecule is CC(=O)NCCN1C(=O)c2ccc(C(F)(F)F)cc2C1C#N. The van der Waals surface area contributed by atoms with Gasteiger partial charge in [0.15, 0.2) is 0 Å². The van der Waals surface area contributed by atoms with Crippen LogP contribution >= 0.6 is 0 Å². The summed E-state index contributed by atoms with van der Waals surface area (Å²) in [5, 5.41) is 11.7. The van der Waals surface area contributed by atoms with Crippen molar-refractivity contribution in [2.75, 3.05) is 13.1 Å². The molecule has 5 nitrogen and oxygen atoms in total. The van der Waals surface area contributed by atoms with Crippen molar-refractivity contribution in [3.63, 3.8) is 0 Å². The second-order valence-corrected chi connectivity index (χ2v) is 4.81. The number of hydrogen-bond donors (Lipinski definition) is 1. The lowest BCUT2D eigenvalue weighted by Gasteiger charge is -2.20. The number of carbonyl (C=O) groups excluding carboxylic acids is 2. The van der Waals surface area contributed by atoms with Crippen molar-refractivity contribution >= 4 is 11.8 Å². The van der Waals surface area contributed by atoms with E-state index in [-0.39, 0.29) is 30.1 Å². The molecule has 0 radical (unpaired) electrons. The van der Waals surface area contributed by atoms with Crippen LogP contribution in [-0.2, 0) is 11.0 Å². The van der Waals surface area contributed by atoms with Crippen LogP contribution in [0.3, 0.4) is 0 Å². The van der Waals surface area contributed by atoms with E-state index in [1.807, 2.05) is 6.07 Å². The third-order valence-electron chi connectivity index (χ3n) is 3.33. The van der Waals surface area contributed by atoms with Gasteiger partial charge in [-0.3, -0.25) is 9.59 Å². The zero-order valence-corrected chi connectivity index (χ0v) is 11.6. The van der Waals surface area contributed by atoms with Gasteiger partial charge in [0.25, 0.3) is 5.91 Å². The molecular formula is C14H12F3N3O2. The van der Waals surface area contributed by atoms with E-state index < -0.39 is 23.7 Å². The Hall–Kier alpha value is -2.56. The van der Waals surface area contributed by atoms with Crippen LogP contribution in [0.15, 0.2) is 18.2 Å². The number of nitrogens with one attached hydrogen (secondary N) is 1. The van der Waals surface area contributed by atoms with Gasteiger partial charge in [-0.2, -0.15) is 18.4 Å². The molecule has 0 bridgehead atoms. The molecule has 0 aliphatic carbocycles. The molecule has 1 aromatic carbocycles. The molecule has 1 aromatic rings. The number of nitrogens with zero attached hydrogens (tertiary/aromatic N) is 2. The molecule has 8 heteroatoms. The number of rotatable bonds is 3. The minimum absolute atomic E-state index is 0.0464. The second kappa shape index (κ2) is 5.67. The minimum Gasteiger partial charge on any atom is -0.355 e. The largest absolute Gasteiger partial charge is 0.416 e. The average molecular weight is 311 g/mol. The lowest BCUT2D eigenvalue weighted by atomic mass is 10.0. The summed E-state index contributed by atoms with van der Waals surface area (Å²) in [6, 6.07) is 3.50. The normalized spacial score (nSPS) is 17.1. The summed E-state index contributed by atoms with van der Waals surface area (Å²) in [5.74, 6) is -0.808. The first-order valence-electron chi connectivity index (χ1n) is 6.42. The Morgan fingerprint density at radius 1 is 1.45 bits per heavy atom. The molecule has 1 aliphatic heterocycles. The predicted molar refractivity (Wildman–Crippen MR) is 69.5 cm³/mol. The Labute approximate surface area is 124 Å². The zero-order chi connectivity index (χ0) is 16.5. The van der Waals surface area contributed by atoms with Crippen molar-refractivity contribution in [3.05, 3.63) is 34.9 Å². The first-order valence-corrected chi connectivity index (χ1v) is 6.42. The van der Waals surface area contributed by atoms with Gasteiger partial charge in [-0.25, -0.2) is 0 Å². The maximum absolute atomic E-state index is 12.7. The Morgan fingerprint density at radius 3 is 2.68 bits per heavy atom. The van der Waals surface area contributed by atoms with E-state index in [1.54, 1.807) is 0 Å². The third-order valence-corrected chi connectivity index (χ3v) is 3.33. The molecule has 2 amide bonds. The van der Waals surface area contributed by atoms with Crippen molar-refractivity contribution in [1.82, 2.24) is 10.2 Å². The number of benzene rings is 1. The smallest absolute Gasteiger partial charge is 0.355 e. The highest BCUT2D eigenvalue weighted by molar-refractivity contribution is 5.99. The predicted octanol–water partition coefficient (Wildman–Crippen LogP) is 1.86. The number of alkyl halides is 3. The lowest BCUT2D eigenvalue weighted by molar-refractivity contribution is -0.137. The van der Waals surface area contributed by atoms with Crippen molar-refractivity contribution in [2.45, 2.75) is 19.1 Å². The van der Waals surface area contributed by atoms with Crippen LogP contribution in [-0.4, -0.2) is 29.8 Å². The fourth-order valence-corrected chi connectivity index (χ4v) is 2.32. The van der Waals surface area contributed by atoms with E-state index >= 15 is 0 Å². The summed E-state index contributed by atoms with van der Waals surface area (Å²) in [5.41, 5.74) is -0.768. The lowest BCUT2D eigenvalue weighted by Crippen LogP contribution is -2.36. The maximum Gasteiger partial charge on any atom is 0.416 e. The highest BCUT2D eigenvalue weighted by atomic mass is 19.4. The zero-order valence-electron chi connectivity index (χ0n) is 11.6. The van der Waals surface area contributed by atoms with Crippen molar-refractivity contribution in [3.8, 4) is 6.07 Å². The second-order valence-electron chi connectivity index (χ2n) is 4.81. The summed E-state index contributed by atoms with van der Waals surface area (Å²) in [7, 11) is 0. The first kappa shape index (κ1) is 15.8. The summed E-state index contributed by atoms with van der Waals surface area (Å²) in [4.78, 5) is 24.2. The molecule has 0 saturated heterocycles. The molecule has 0 spiro atoms. The summed E-state index contributed by atoms with van der Waals surface area (Å²) in [6.45, 7) is 1.48. The van der Waals surface area contributed by atoms with Crippen LogP contribution in [0, 0.1) is 11.3 Å². The molecule has 2 rings (SSSR count). The molecule has 1 aliphatic rings. The number of nitriles is 1. The average Bonchev–Trinajstić information content (AvgIpc) is 2.70. The summed E-state index contributed by atoms with van der Waals surface area (Å²) >= 11 is 0. The van der Waals surface area contributed by atoms with Crippen LogP contribution in [0.1, 0.15) is 34.5 Å². The van der Waals surface area contributed by atoms with Crippen molar-refractivity contribution < 1.29 is 22.8 Å². The first-order chi connectivity index (χ1) is 10.3. The van der Waals surface area contributed by atoms with E-state index in [0.717, 1.165) is 23.1 Å². The molecule has 22 heavy (non-hydrogen) atoms.